The molecule has 0 fully saturated rings. The van der Waals surface area contributed by atoms with Crippen LogP contribution in [0, 0.1) is 0 Å². The van der Waals surface area contributed by atoms with Crippen LogP contribution in [0.3, 0.4) is 0 Å². The van der Waals surface area contributed by atoms with Crippen molar-refractivity contribution in [2.45, 2.75) is 6.42 Å². The van der Waals surface area contributed by atoms with Gasteiger partial charge in [-0.15, -0.1) is 0 Å². The Balaban J connectivity index is 2.31. The molecule has 0 radical (unpaired) electrons. The molecule has 4 heteroatoms. The summed E-state index contributed by atoms with van der Waals surface area (Å²) in [5.74, 6) is 0. The van der Waals surface area contributed by atoms with Crippen molar-refractivity contribution in [3.8, 4) is 0 Å². The highest BCUT2D eigenvalue weighted by atomic mass is 31.2. The average Bonchev–Trinajstić information content (AvgIpc) is 2.35. The van der Waals surface area contributed by atoms with Crippen LogP contribution in [0.25, 0.3) is 5.57 Å². The Labute approximate surface area is 98.0 Å². The van der Waals surface area contributed by atoms with E-state index < -0.39 is 8.60 Å². The van der Waals surface area contributed by atoms with Gasteiger partial charge in [0.15, 0.2) is 0 Å². The molecule has 0 unspecified atom stereocenters. The molecule has 0 heterocycles. The standard InChI is InChI=1S/C12H17O3P/c1-11(12-7-5-4-6-8-12)9-10-15-16(13-2)14-3/h4-8H,1,9-10H2,2-3H3. The lowest BCUT2D eigenvalue weighted by atomic mass is 10.1. The Kier molecular flexibility index (Phi) is 6.27. The van der Waals surface area contributed by atoms with Crippen LogP contribution in [0.15, 0.2) is 36.9 Å². The van der Waals surface area contributed by atoms with E-state index in [4.69, 9.17) is 13.6 Å². The molecule has 0 N–H and O–H groups in total. The van der Waals surface area contributed by atoms with Gasteiger partial charge in [0.25, 0.3) is 0 Å². The van der Waals surface area contributed by atoms with E-state index in [1.54, 1.807) is 14.2 Å². The van der Waals surface area contributed by atoms with Crippen molar-refractivity contribution in [1.29, 1.82) is 0 Å². The summed E-state index contributed by atoms with van der Waals surface area (Å²) in [7, 11) is 1.94. The zero-order valence-corrected chi connectivity index (χ0v) is 10.6. The van der Waals surface area contributed by atoms with E-state index in [0.717, 1.165) is 17.6 Å². The SMILES string of the molecule is C=C(CCOP(OC)OC)c1ccccc1. The van der Waals surface area contributed by atoms with Gasteiger partial charge in [-0.2, -0.15) is 0 Å². The first-order valence-corrected chi connectivity index (χ1v) is 6.12. The maximum absolute atomic E-state index is 5.39. The van der Waals surface area contributed by atoms with Crippen molar-refractivity contribution in [3.05, 3.63) is 42.5 Å². The average molecular weight is 240 g/mol. The zero-order valence-electron chi connectivity index (χ0n) is 9.68. The third-order valence-electron chi connectivity index (χ3n) is 2.08. The molecular weight excluding hydrogens is 223 g/mol. The highest BCUT2D eigenvalue weighted by Gasteiger charge is 2.07. The van der Waals surface area contributed by atoms with Gasteiger partial charge in [-0.05, 0) is 17.6 Å². The third kappa shape index (κ3) is 4.42. The van der Waals surface area contributed by atoms with Gasteiger partial charge in [0.1, 0.15) is 0 Å². The largest absolute Gasteiger partial charge is 0.332 e. The predicted molar refractivity (Wildman–Crippen MR) is 67.0 cm³/mol. The summed E-state index contributed by atoms with van der Waals surface area (Å²) in [6.45, 7) is 4.58. The molecule has 1 rings (SSSR count). The molecule has 0 atom stereocenters. The van der Waals surface area contributed by atoms with Crippen LogP contribution in [-0.2, 0) is 13.6 Å². The molecule has 0 saturated heterocycles. The fraction of sp³-hybridized carbons (Fsp3) is 0.333. The number of rotatable bonds is 7. The first kappa shape index (κ1) is 13.3. The molecule has 16 heavy (non-hydrogen) atoms. The lowest BCUT2D eigenvalue weighted by molar-refractivity contribution is 0.210. The fourth-order valence-corrected chi connectivity index (χ4v) is 1.84. The molecule has 88 valence electrons. The lowest BCUT2D eigenvalue weighted by Gasteiger charge is -2.12. The minimum absolute atomic E-state index is 0.557. The summed E-state index contributed by atoms with van der Waals surface area (Å²) in [5, 5.41) is 0. The lowest BCUT2D eigenvalue weighted by Crippen LogP contribution is -1.94. The van der Waals surface area contributed by atoms with E-state index in [0.29, 0.717) is 6.61 Å². The molecule has 0 aliphatic carbocycles. The molecule has 3 nitrogen and oxygen atoms in total. The molecule has 0 aliphatic rings. The summed E-state index contributed by atoms with van der Waals surface area (Å²) < 4.78 is 15.3. The summed E-state index contributed by atoms with van der Waals surface area (Å²) in [6, 6.07) is 10.1. The Bertz CT molecular complexity index is 309. The fourth-order valence-electron chi connectivity index (χ4n) is 1.24. The van der Waals surface area contributed by atoms with Crippen molar-refractivity contribution in [1.82, 2.24) is 0 Å². The van der Waals surface area contributed by atoms with E-state index in [9.17, 15) is 0 Å². The van der Waals surface area contributed by atoms with Crippen molar-refractivity contribution < 1.29 is 13.6 Å². The third-order valence-corrected chi connectivity index (χ3v) is 3.07. The van der Waals surface area contributed by atoms with Gasteiger partial charge in [-0.3, -0.25) is 0 Å². The van der Waals surface area contributed by atoms with Crippen molar-refractivity contribution in [3.63, 3.8) is 0 Å². The first-order chi connectivity index (χ1) is 7.77. The number of hydrogen-bond donors (Lipinski definition) is 0. The molecule has 0 bridgehead atoms. The predicted octanol–water partition coefficient (Wildman–Crippen LogP) is 3.63. The van der Waals surface area contributed by atoms with Gasteiger partial charge < -0.3 is 13.6 Å². The smallest absolute Gasteiger partial charge is 0.316 e. The normalized spacial score (nSPS) is 10.7. The van der Waals surface area contributed by atoms with Gasteiger partial charge in [0.2, 0.25) is 0 Å². The summed E-state index contributed by atoms with van der Waals surface area (Å²) in [4.78, 5) is 0. The monoisotopic (exact) mass is 240 g/mol. The van der Waals surface area contributed by atoms with E-state index >= 15 is 0 Å². The van der Waals surface area contributed by atoms with E-state index in [1.165, 1.54) is 0 Å². The summed E-state index contributed by atoms with van der Waals surface area (Å²) in [5.41, 5.74) is 2.20. The molecule has 0 spiro atoms. The van der Waals surface area contributed by atoms with Gasteiger partial charge in [-0.1, -0.05) is 36.9 Å². The summed E-state index contributed by atoms with van der Waals surface area (Å²) >= 11 is 0. The Morgan fingerprint density at radius 1 is 1.19 bits per heavy atom. The van der Waals surface area contributed by atoms with Gasteiger partial charge >= 0.3 is 8.60 Å². The molecule has 1 aromatic carbocycles. The first-order valence-electron chi connectivity index (χ1n) is 5.02. The van der Waals surface area contributed by atoms with Crippen LogP contribution in [0.5, 0.6) is 0 Å². The van der Waals surface area contributed by atoms with Crippen molar-refractivity contribution in [2.24, 2.45) is 0 Å². The van der Waals surface area contributed by atoms with Crippen LogP contribution in [-0.4, -0.2) is 20.8 Å². The van der Waals surface area contributed by atoms with E-state index in [-0.39, 0.29) is 0 Å². The highest BCUT2D eigenvalue weighted by molar-refractivity contribution is 7.41. The topological polar surface area (TPSA) is 27.7 Å². The molecule has 0 amide bonds. The highest BCUT2D eigenvalue weighted by Crippen LogP contribution is 2.37. The van der Waals surface area contributed by atoms with Crippen LogP contribution in [0.2, 0.25) is 0 Å². The van der Waals surface area contributed by atoms with Crippen LogP contribution in [0.4, 0.5) is 0 Å². The van der Waals surface area contributed by atoms with Crippen molar-refractivity contribution in [2.75, 3.05) is 20.8 Å². The second-order valence-corrected chi connectivity index (χ2v) is 4.58. The minimum Gasteiger partial charge on any atom is -0.316 e. The van der Waals surface area contributed by atoms with E-state index in [2.05, 4.69) is 6.58 Å². The molecule has 0 aliphatic heterocycles. The molecule has 0 aromatic heterocycles. The Hall–Kier alpha value is -0.730. The number of hydrogen-bond acceptors (Lipinski definition) is 3. The van der Waals surface area contributed by atoms with Gasteiger partial charge in [-0.25, -0.2) is 0 Å². The Morgan fingerprint density at radius 3 is 2.38 bits per heavy atom. The van der Waals surface area contributed by atoms with Crippen LogP contribution < -0.4 is 0 Å². The van der Waals surface area contributed by atoms with Crippen LogP contribution in [0.1, 0.15) is 12.0 Å². The second-order valence-electron chi connectivity index (χ2n) is 3.14. The second kappa shape index (κ2) is 7.53. The van der Waals surface area contributed by atoms with Gasteiger partial charge in [0.05, 0.1) is 6.61 Å². The molecule has 0 saturated carbocycles. The maximum atomic E-state index is 5.39. The molecule has 1 aromatic rings. The maximum Gasteiger partial charge on any atom is 0.332 e. The number of benzene rings is 1. The molecular formula is C12H17O3P. The van der Waals surface area contributed by atoms with Crippen LogP contribution >= 0.6 is 8.60 Å². The van der Waals surface area contributed by atoms with E-state index in [1.807, 2.05) is 30.3 Å². The van der Waals surface area contributed by atoms with Crippen molar-refractivity contribution >= 4 is 14.2 Å². The quantitative estimate of drug-likeness (QED) is 0.681. The van der Waals surface area contributed by atoms with Gasteiger partial charge in [0, 0.05) is 14.2 Å². The minimum atomic E-state index is -1.20. The Morgan fingerprint density at radius 2 is 1.81 bits per heavy atom. The zero-order chi connectivity index (χ0) is 11.8. The summed E-state index contributed by atoms with van der Waals surface area (Å²) in [6.07, 6.45) is 0.773.